The number of hydrogen-bond donors (Lipinski definition) is 1. The second-order valence-corrected chi connectivity index (χ2v) is 4.12. The lowest BCUT2D eigenvalue weighted by molar-refractivity contribution is 0.278. The Bertz CT molecular complexity index is 481. The predicted octanol–water partition coefficient (Wildman–Crippen LogP) is 2.75. The Labute approximate surface area is 91.0 Å². The molecule has 0 bridgehead atoms. The molecule has 0 spiro atoms. The lowest BCUT2D eigenvalue weighted by atomic mass is 10.1. The molecule has 0 saturated heterocycles. The first-order chi connectivity index (χ1) is 7.20. The van der Waals surface area contributed by atoms with Crippen molar-refractivity contribution in [1.29, 1.82) is 0 Å². The molecule has 2 nitrogen and oxygen atoms in total. The van der Waals surface area contributed by atoms with E-state index in [1.807, 2.05) is 6.92 Å². The number of aliphatic hydroxyl groups excluding tert-OH is 1. The van der Waals surface area contributed by atoms with Gasteiger partial charge in [0.15, 0.2) is 0 Å². The van der Waals surface area contributed by atoms with Crippen molar-refractivity contribution in [3.63, 3.8) is 0 Å². The van der Waals surface area contributed by atoms with E-state index in [0.29, 0.717) is 5.69 Å². The number of hydrogen-bond acceptors (Lipinski definition) is 3. The van der Waals surface area contributed by atoms with Gasteiger partial charge in [0, 0.05) is 10.9 Å². The fourth-order valence-electron chi connectivity index (χ4n) is 1.37. The smallest absolute Gasteiger partial charge is 0.123 e. The molecule has 0 unspecified atom stereocenters. The topological polar surface area (TPSA) is 33.1 Å². The van der Waals surface area contributed by atoms with Crippen molar-refractivity contribution >= 4 is 11.3 Å². The number of nitrogens with zero attached hydrogens (tertiary/aromatic N) is 1. The van der Waals surface area contributed by atoms with Gasteiger partial charge in [-0.2, -0.15) is 0 Å². The number of rotatable bonds is 2. The van der Waals surface area contributed by atoms with Gasteiger partial charge >= 0.3 is 0 Å². The van der Waals surface area contributed by atoms with Gasteiger partial charge in [0.2, 0.25) is 0 Å². The lowest BCUT2D eigenvalue weighted by Gasteiger charge is -2.01. The van der Waals surface area contributed by atoms with Gasteiger partial charge in [0.25, 0.3) is 0 Å². The minimum absolute atomic E-state index is 0.0588. The van der Waals surface area contributed by atoms with Crippen LogP contribution in [0.25, 0.3) is 10.6 Å². The molecule has 0 saturated carbocycles. The Morgan fingerprint density at radius 3 is 2.87 bits per heavy atom. The molecule has 0 aliphatic carbocycles. The van der Waals surface area contributed by atoms with Crippen LogP contribution in [0, 0.1) is 12.7 Å². The maximum absolute atomic E-state index is 12.9. The number of benzene rings is 1. The van der Waals surface area contributed by atoms with Crippen molar-refractivity contribution in [1.82, 2.24) is 4.98 Å². The zero-order chi connectivity index (χ0) is 10.8. The summed E-state index contributed by atoms with van der Waals surface area (Å²) in [5, 5.41) is 11.5. The second kappa shape index (κ2) is 4.08. The zero-order valence-electron chi connectivity index (χ0n) is 8.20. The summed E-state index contributed by atoms with van der Waals surface area (Å²) in [6.45, 7) is 1.79. The van der Waals surface area contributed by atoms with E-state index in [-0.39, 0.29) is 12.4 Å². The quantitative estimate of drug-likeness (QED) is 0.849. The monoisotopic (exact) mass is 223 g/mol. The van der Waals surface area contributed by atoms with Gasteiger partial charge in [-0.15, -0.1) is 11.3 Å². The van der Waals surface area contributed by atoms with Gasteiger partial charge in [-0.1, -0.05) is 0 Å². The number of aliphatic hydroxyl groups is 1. The minimum Gasteiger partial charge on any atom is -0.390 e. The van der Waals surface area contributed by atoms with Crippen LogP contribution in [0.3, 0.4) is 0 Å². The molecule has 15 heavy (non-hydrogen) atoms. The highest BCUT2D eigenvalue weighted by Gasteiger charge is 2.07. The molecule has 2 aromatic rings. The van der Waals surface area contributed by atoms with Crippen LogP contribution in [0.1, 0.15) is 11.3 Å². The third-order valence-corrected chi connectivity index (χ3v) is 3.06. The van der Waals surface area contributed by atoms with E-state index < -0.39 is 0 Å². The Hall–Kier alpha value is -1.26. The van der Waals surface area contributed by atoms with Crippen LogP contribution < -0.4 is 0 Å². The largest absolute Gasteiger partial charge is 0.390 e. The molecule has 0 aliphatic heterocycles. The fraction of sp³-hybridized carbons (Fsp3) is 0.182. The summed E-state index contributed by atoms with van der Waals surface area (Å²) in [5.41, 5.74) is 2.42. The van der Waals surface area contributed by atoms with E-state index in [1.165, 1.54) is 23.5 Å². The van der Waals surface area contributed by atoms with Crippen LogP contribution in [0.5, 0.6) is 0 Å². The van der Waals surface area contributed by atoms with Crippen molar-refractivity contribution in [2.24, 2.45) is 0 Å². The third kappa shape index (κ3) is 2.06. The van der Waals surface area contributed by atoms with Crippen LogP contribution in [0.15, 0.2) is 23.6 Å². The molecule has 1 aromatic carbocycles. The summed E-state index contributed by atoms with van der Waals surface area (Å²) in [6, 6.07) is 4.61. The number of halogens is 1. The highest BCUT2D eigenvalue weighted by Crippen LogP contribution is 2.27. The Kier molecular flexibility index (Phi) is 2.79. The first kappa shape index (κ1) is 10.3. The predicted molar refractivity (Wildman–Crippen MR) is 58.2 cm³/mol. The standard InChI is InChI=1S/C11H10FNOS/c1-7-4-8(12)2-3-10(7)11-13-9(5-14)6-15-11/h2-4,6,14H,5H2,1H3. The van der Waals surface area contributed by atoms with Crippen molar-refractivity contribution in [3.8, 4) is 10.6 Å². The second-order valence-electron chi connectivity index (χ2n) is 3.26. The first-order valence-electron chi connectivity index (χ1n) is 4.52. The van der Waals surface area contributed by atoms with Crippen molar-refractivity contribution in [2.75, 3.05) is 0 Å². The van der Waals surface area contributed by atoms with E-state index >= 15 is 0 Å². The Morgan fingerprint density at radius 2 is 2.27 bits per heavy atom. The van der Waals surface area contributed by atoms with Gasteiger partial charge in [-0.25, -0.2) is 9.37 Å². The molecule has 78 valence electrons. The molecule has 0 radical (unpaired) electrons. The molecule has 4 heteroatoms. The highest BCUT2D eigenvalue weighted by molar-refractivity contribution is 7.13. The Balaban J connectivity index is 2.44. The van der Waals surface area contributed by atoms with Crippen molar-refractivity contribution in [2.45, 2.75) is 13.5 Å². The maximum atomic E-state index is 12.9. The third-order valence-electron chi connectivity index (χ3n) is 2.13. The molecule has 1 aromatic heterocycles. The number of aromatic nitrogens is 1. The summed E-state index contributed by atoms with van der Waals surface area (Å²) >= 11 is 1.45. The van der Waals surface area contributed by atoms with Crippen molar-refractivity contribution in [3.05, 3.63) is 40.7 Å². The molecule has 2 rings (SSSR count). The molecular weight excluding hydrogens is 213 g/mol. The summed E-state index contributed by atoms with van der Waals surface area (Å²) in [6.07, 6.45) is 0. The average Bonchev–Trinajstić information content (AvgIpc) is 2.66. The van der Waals surface area contributed by atoms with Gasteiger partial charge in [-0.3, -0.25) is 0 Å². The Morgan fingerprint density at radius 1 is 1.47 bits per heavy atom. The van der Waals surface area contributed by atoms with E-state index in [4.69, 9.17) is 5.11 Å². The summed E-state index contributed by atoms with van der Waals surface area (Å²) in [4.78, 5) is 4.24. The van der Waals surface area contributed by atoms with E-state index in [0.717, 1.165) is 16.1 Å². The van der Waals surface area contributed by atoms with E-state index in [2.05, 4.69) is 4.98 Å². The first-order valence-corrected chi connectivity index (χ1v) is 5.40. The van der Waals surface area contributed by atoms with Crippen LogP contribution >= 0.6 is 11.3 Å². The van der Waals surface area contributed by atoms with Crippen LogP contribution in [0.2, 0.25) is 0 Å². The molecule has 0 aliphatic rings. The molecule has 1 heterocycles. The summed E-state index contributed by atoms with van der Waals surface area (Å²) in [7, 11) is 0. The fourth-order valence-corrected chi connectivity index (χ4v) is 2.27. The van der Waals surface area contributed by atoms with Crippen molar-refractivity contribution < 1.29 is 9.50 Å². The van der Waals surface area contributed by atoms with Crippen LogP contribution in [-0.4, -0.2) is 10.1 Å². The highest BCUT2D eigenvalue weighted by atomic mass is 32.1. The number of aryl methyl sites for hydroxylation is 1. The van der Waals surface area contributed by atoms with Gasteiger partial charge in [0.1, 0.15) is 10.8 Å². The maximum Gasteiger partial charge on any atom is 0.123 e. The van der Waals surface area contributed by atoms with Gasteiger partial charge in [0.05, 0.1) is 12.3 Å². The van der Waals surface area contributed by atoms with Crippen LogP contribution in [0.4, 0.5) is 4.39 Å². The van der Waals surface area contributed by atoms with E-state index in [1.54, 1.807) is 11.4 Å². The van der Waals surface area contributed by atoms with Gasteiger partial charge in [-0.05, 0) is 30.7 Å². The summed E-state index contributed by atoms with van der Waals surface area (Å²) in [5.74, 6) is -0.241. The average molecular weight is 223 g/mol. The molecule has 0 atom stereocenters. The zero-order valence-corrected chi connectivity index (χ0v) is 9.01. The summed E-state index contributed by atoms with van der Waals surface area (Å²) < 4.78 is 12.9. The lowest BCUT2D eigenvalue weighted by Crippen LogP contribution is -1.86. The minimum atomic E-state index is -0.241. The molecular formula is C11H10FNOS. The SMILES string of the molecule is Cc1cc(F)ccc1-c1nc(CO)cs1. The van der Waals surface area contributed by atoms with Crippen LogP contribution in [-0.2, 0) is 6.61 Å². The van der Waals surface area contributed by atoms with E-state index in [9.17, 15) is 4.39 Å². The molecule has 0 amide bonds. The molecule has 1 N–H and O–H groups in total. The molecule has 0 fully saturated rings. The van der Waals surface area contributed by atoms with Gasteiger partial charge < -0.3 is 5.11 Å². The normalized spacial score (nSPS) is 10.6. The number of thiazole rings is 1.